The smallest absolute Gasteiger partial charge is 0.266 e. The maximum absolute atomic E-state index is 12.2. The number of hydrogen-bond donors (Lipinski definition) is 5. The van der Waals surface area contributed by atoms with Crippen molar-refractivity contribution in [3.63, 3.8) is 0 Å². The Morgan fingerprint density at radius 2 is 1.77 bits per heavy atom. The molecule has 4 aliphatic carbocycles. The van der Waals surface area contributed by atoms with Gasteiger partial charge < -0.3 is 20.6 Å². The van der Waals surface area contributed by atoms with Crippen LogP contribution in [0, 0.1) is 46.3 Å². The standard InChI is InChI=1S/C26H45NO7S/c1-15(4-7-23(31)27-10-11-35(32,33)34)18-5-6-19-24-20(14-22(30)26(18,19)3)25(2)9-8-17(28)12-16(25)13-21(24)29/h15-22,24,28-30H,4-14H2,1-3H3,(H,27,31)(H,32,33,34)/t15-,16+,17-,18-,19+,20+,21+,22-,24+,25+,26-/m1/s1. The number of rotatable bonds is 7. The van der Waals surface area contributed by atoms with Gasteiger partial charge in [-0.2, -0.15) is 8.42 Å². The van der Waals surface area contributed by atoms with Gasteiger partial charge in [-0.25, -0.2) is 0 Å². The summed E-state index contributed by atoms with van der Waals surface area (Å²) in [6.45, 7) is 6.56. The molecule has 4 saturated carbocycles. The Kier molecular flexibility index (Phi) is 7.69. The predicted molar refractivity (Wildman–Crippen MR) is 132 cm³/mol. The second-order valence-corrected chi connectivity index (χ2v) is 14.2. The fourth-order valence-electron chi connectivity index (χ4n) is 9.10. The first kappa shape index (κ1) is 27.3. The molecule has 0 spiro atoms. The van der Waals surface area contributed by atoms with E-state index < -0.39 is 28.1 Å². The Morgan fingerprint density at radius 3 is 2.46 bits per heavy atom. The zero-order chi connectivity index (χ0) is 25.8. The number of nitrogens with one attached hydrogen (secondary N) is 1. The molecule has 11 atom stereocenters. The van der Waals surface area contributed by atoms with Gasteiger partial charge in [0.15, 0.2) is 0 Å². The molecule has 4 aliphatic rings. The number of amides is 1. The molecule has 9 heteroatoms. The Labute approximate surface area is 210 Å². The summed E-state index contributed by atoms with van der Waals surface area (Å²) < 4.78 is 30.5. The van der Waals surface area contributed by atoms with Gasteiger partial charge in [0.25, 0.3) is 10.1 Å². The Morgan fingerprint density at radius 1 is 1.06 bits per heavy atom. The first-order valence-electron chi connectivity index (χ1n) is 13.5. The molecule has 0 aromatic carbocycles. The van der Waals surface area contributed by atoms with Crippen LogP contribution in [-0.2, 0) is 14.9 Å². The topological polar surface area (TPSA) is 144 Å². The van der Waals surface area contributed by atoms with Crippen molar-refractivity contribution in [1.82, 2.24) is 5.32 Å². The summed E-state index contributed by atoms with van der Waals surface area (Å²) in [5.41, 5.74) is -0.254. The summed E-state index contributed by atoms with van der Waals surface area (Å²) in [6, 6.07) is 0. The maximum Gasteiger partial charge on any atom is 0.266 e. The highest BCUT2D eigenvalue weighted by Gasteiger charge is 2.65. The van der Waals surface area contributed by atoms with Crippen molar-refractivity contribution < 1.29 is 33.1 Å². The fraction of sp³-hybridized carbons (Fsp3) is 0.962. The van der Waals surface area contributed by atoms with Crippen molar-refractivity contribution in [2.45, 2.75) is 96.9 Å². The minimum atomic E-state index is -4.10. The van der Waals surface area contributed by atoms with Crippen molar-refractivity contribution in [3.8, 4) is 0 Å². The SMILES string of the molecule is C[C@H](CCC(=O)NCCS(=O)(=O)O)[C@H]1CC[C@H]2[C@@H]3[C@@H](O)C[C@@H]4C[C@H](O)CC[C@]4(C)[C@H]3C[C@@H](O)[C@]12C. The van der Waals surface area contributed by atoms with Gasteiger partial charge in [-0.05, 0) is 97.7 Å². The van der Waals surface area contributed by atoms with Gasteiger partial charge in [0, 0.05) is 13.0 Å². The van der Waals surface area contributed by atoms with Crippen LogP contribution in [0.25, 0.3) is 0 Å². The van der Waals surface area contributed by atoms with Crippen LogP contribution in [0.2, 0.25) is 0 Å². The highest BCUT2D eigenvalue weighted by molar-refractivity contribution is 7.85. The lowest BCUT2D eigenvalue weighted by Crippen LogP contribution is -2.62. The fourth-order valence-corrected chi connectivity index (χ4v) is 9.46. The molecule has 4 fully saturated rings. The van der Waals surface area contributed by atoms with Gasteiger partial charge in [-0.15, -0.1) is 0 Å². The molecule has 8 nitrogen and oxygen atoms in total. The monoisotopic (exact) mass is 515 g/mol. The van der Waals surface area contributed by atoms with Gasteiger partial charge in [0.2, 0.25) is 5.91 Å². The molecule has 0 unspecified atom stereocenters. The summed E-state index contributed by atoms with van der Waals surface area (Å²) in [7, 11) is -4.10. The zero-order valence-corrected chi connectivity index (χ0v) is 22.2. The van der Waals surface area contributed by atoms with Crippen molar-refractivity contribution in [2.24, 2.45) is 46.3 Å². The Bertz CT molecular complexity index is 896. The molecule has 202 valence electrons. The minimum Gasteiger partial charge on any atom is -0.393 e. The maximum atomic E-state index is 12.2. The van der Waals surface area contributed by atoms with E-state index in [-0.39, 0.29) is 65.4 Å². The average molecular weight is 516 g/mol. The number of aliphatic hydroxyl groups excluding tert-OH is 3. The van der Waals surface area contributed by atoms with E-state index in [2.05, 4.69) is 26.1 Å². The van der Waals surface area contributed by atoms with E-state index in [9.17, 15) is 28.5 Å². The molecule has 0 bridgehead atoms. The quantitative estimate of drug-likeness (QED) is 0.327. The number of fused-ring (bicyclic) bond motifs is 5. The second-order valence-electron chi connectivity index (χ2n) is 12.7. The highest BCUT2D eigenvalue weighted by atomic mass is 32.2. The summed E-state index contributed by atoms with van der Waals surface area (Å²) in [6.07, 6.45) is 5.67. The number of hydrogen-bond acceptors (Lipinski definition) is 6. The summed E-state index contributed by atoms with van der Waals surface area (Å²) in [5, 5.41) is 35.8. The predicted octanol–water partition coefficient (Wildman–Crippen LogP) is 2.37. The van der Waals surface area contributed by atoms with Crippen LogP contribution in [0.15, 0.2) is 0 Å². The summed E-state index contributed by atoms with van der Waals surface area (Å²) >= 11 is 0. The Hall–Kier alpha value is -0.740. The van der Waals surface area contributed by atoms with Gasteiger partial charge in [0.1, 0.15) is 0 Å². The first-order chi connectivity index (χ1) is 16.3. The third-order valence-electron chi connectivity index (χ3n) is 11.0. The molecule has 0 saturated heterocycles. The minimum absolute atomic E-state index is 0.0509. The number of aliphatic hydroxyl groups is 3. The molecule has 0 radical (unpaired) electrons. The van der Waals surface area contributed by atoms with E-state index in [1.165, 1.54) is 0 Å². The number of carbonyl (C=O) groups is 1. The van der Waals surface area contributed by atoms with Crippen molar-refractivity contribution >= 4 is 16.0 Å². The molecule has 0 heterocycles. The van der Waals surface area contributed by atoms with Gasteiger partial charge in [0.05, 0.1) is 24.1 Å². The molecule has 0 aliphatic heterocycles. The van der Waals surface area contributed by atoms with Gasteiger partial charge in [-0.3, -0.25) is 9.35 Å². The van der Waals surface area contributed by atoms with Crippen molar-refractivity contribution in [3.05, 3.63) is 0 Å². The molecule has 1 amide bonds. The van der Waals surface area contributed by atoms with E-state index in [1.54, 1.807) is 0 Å². The summed E-state index contributed by atoms with van der Waals surface area (Å²) in [5.74, 6) is 0.705. The van der Waals surface area contributed by atoms with Crippen LogP contribution in [-0.4, -0.2) is 64.8 Å². The first-order valence-corrected chi connectivity index (χ1v) is 15.1. The van der Waals surface area contributed by atoms with Gasteiger partial charge in [-0.1, -0.05) is 20.8 Å². The highest BCUT2D eigenvalue weighted by Crippen LogP contribution is 2.68. The van der Waals surface area contributed by atoms with Crippen LogP contribution >= 0.6 is 0 Å². The molecule has 5 N–H and O–H groups in total. The Balaban J connectivity index is 1.43. The normalized spacial score (nSPS) is 46.3. The van der Waals surface area contributed by atoms with E-state index in [1.807, 2.05) is 0 Å². The lowest BCUT2D eigenvalue weighted by Gasteiger charge is -2.63. The van der Waals surface area contributed by atoms with E-state index in [0.29, 0.717) is 18.8 Å². The molecular formula is C26H45NO7S. The summed E-state index contributed by atoms with van der Waals surface area (Å²) in [4.78, 5) is 12.2. The van der Waals surface area contributed by atoms with E-state index in [0.717, 1.165) is 38.5 Å². The van der Waals surface area contributed by atoms with Crippen LogP contribution in [0.3, 0.4) is 0 Å². The molecular weight excluding hydrogens is 470 g/mol. The lowest BCUT2D eigenvalue weighted by atomic mass is 9.43. The third kappa shape index (κ3) is 5.05. The van der Waals surface area contributed by atoms with Crippen LogP contribution in [0.5, 0.6) is 0 Å². The molecule has 35 heavy (non-hydrogen) atoms. The van der Waals surface area contributed by atoms with Crippen LogP contribution < -0.4 is 5.32 Å². The zero-order valence-electron chi connectivity index (χ0n) is 21.4. The van der Waals surface area contributed by atoms with Gasteiger partial charge >= 0.3 is 0 Å². The van der Waals surface area contributed by atoms with E-state index in [4.69, 9.17) is 4.55 Å². The average Bonchev–Trinajstić information content (AvgIpc) is 3.12. The second kappa shape index (κ2) is 9.86. The largest absolute Gasteiger partial charge is 0.393 e. The molecule has 0 aromatic rings. The van der Waals surface area contributed by atoms with Crippen molar-refractivity contribution in [1.29, 1.82) is 0 Å². The lowest BCUT2D eigenvalue weighted by molar-refractivity contribution is -0.207. The number of carbonyl (C=O) groups excluding carboxylic acids is 1. The molecule has 4 rings (SSSR count). The van der Waals surface area contributed by atoms with Crippen LogP contribution in [0.4, 0.5) is 0 Å². The van der Waals surface area contributed by atoms with Crippen LogP contribution in [0.1, 0.15) is 78.6 Å². The molecule has 0 aromatic heterocycles. The van der Waals surface area contributed by atoms with E-state index >= 15 is 0 Å². The third-order valence-corrected chi connectivity index (χ3v) is 11.7. The van der Waals surface area contributed by atoms with Crippen molar-refractivity contribution in [2.75, 3.05) is 12.3 Å².